The van der Waals surface area contributed by atoms with E-state index in [0.717, 1.165) is 44.9 Å². The largest absolute Gasteiger partial charge is 0.481 e. The number of aliphatic hydroxyl groups excluding tert-OH is 1. The van der Waals surface area contributed by atoms with Crippen LogP contribution in [0.4, 0.5) is 0 Å². The lowest BCUT2D eigenvalue weighted by Crippen LogP contribution is -2.64. The molecular weight excluding hydrogens is 408 g/mol. The number of rotatable bonds is 1. The maximum Gasteiger partial charge on any atom is 0.310 e. The Morgan fingerprint density at radius 3 is 2.06 bits per heavy atom. The summed E-state index contributed by atoms with van der Waals surface area (Å²) in [5, 5.41) is 21.4. The molecule has 0 spiro atoms. The second-order valence-corrected chi connectivity index (χ2v) is 15.1. The fourth-order valence-corrected chi connectivity index (χ4v) is 10.9. The molecule has 5 rings (SSSR count). The molecule has 4 saturated carbocycles. The highest BCUT2D eigenvalue weighted by molar-refractivity contribution is 5.76. The number of allylic oxidation sites excluding steroid dienone is 2. The molecule has 4 fully saturated rings. The smallest absolute Gasteiger partial charge is 0.310 e. The van der Waals surface area contributed by atoms with Gasteiger partial charge in [0.2, 0.25) is 0 Å². The zero-order valence-electron chi connectivity index (χ0n) is 22.3. The maximum atomic E-state index is 12.8. The van der Waals surface area contributed by atoms with Crippen molar-refractivity contribution in [2.24, 2.45) is 50.2 Å². The Morgan fingerprint density at radius 1 is 0.818 bits per heavy atom. The van der Waals surface area contributed by atoms with Gasteiger partial charge in [-0.25, -0.2) is 0 Å². The Hall–Kier alpha value is -0.830. The first-order valence-electron chi connectivity index (χ1n) is 13.8. The van der Waals surface area contributed by atoms with Gasteiger partial charge >= 0.3 is 5.97 Å². The number of carboxylic acid groups (broad SMARTS) is 1. The fraction of sp³-hybridized carbons (Fsp3) is 0.900. The van der Waals surface area contributed by atoms with Crippen molar-refractivity contribution < 1.29 is 15.0 Å². The van der Waals surface area contributed by atoms with Gasteiger partial charge in [0.1, 0.15) is 0 Å². The monoisotopic (exact) mass is 456 g/mol. The van der Waals surface area contributed by atoms with Crippen molar-refractivity contribution in [2.75, 3.05) is 0 Å². The average molecular weight is 457 g/mol. The van der Waals surface area contributed by atoms with Crippen molar-refractivity contribution in [3.05, 3.63) is 11.6 Å². The summed E-state index contributed by atoms with van der Waals surface area (Å²) in [7, 11) is 0. The van der Waals surface area contributed by atoms with Gasteiger partial charge < -0.3 is 10.2 Å². The zero-order valence-corrected chi connectivity index (χ0v) is 22.3. The van der Waals surface area contributed by atoms with E-state index in [1.54, 1.807) is 5.57 Å². The fourth-order valence-electron chi connectivity index (χ4n) is 10.9. The highest BCUT2D eigenvalue weighted by Gasteiger charge is 2.68. The van der Waals surface area contributed by atoms with Crippen LogP contribution >= 0.6 is 0 Å². The molecule has 8 atom stereocenters. The van der Waals surface area contributed by atoms with Crippen LogP contribution < -0.4 is 0 Å². The Bertz CT molecular complexity index is 885. The third kappa shape index (κ3) is 2.93. The molecule has 186 valence electrons. The molecule has 0 bridgehead atoms. The van der Waals surface area contributed by atoms with Crippen LogP contribution in [0.5, 0.6) is 0 Å². The molecule has 0 aromatic heterocycles. The first-order valence-corrected chi connectivity index (χ1v) is 13.8. The van der Waals surface area contributed by atoms with Crippen LogP contribution in [0.3, 0.4) is 0 Å². The van der Waals surface area contributed by atoms with Gasteiger partial charge in [-0.15, -0.1) is 0 Å². The minimum atomic E-state index is -0.574. The number of carboxylic acids is 1. The van der Waals surface area contributed by atoms with Crippen molar-refractivity contribution in [3.63, 3.8) is 0 Å². The van der Waals surface area contributed by atoms with Gasteiger partial charge in [-0.3, -0.25) is 4.79 Å². The van der Waals surface area contributed by atoms with Crippen molar-refractivity contribution in [3.8, 4) is 0 Å². The topological polar surface area (TPSA) is 57.5 Å². The summed E-state index contributed by atoms with van der Waals surface area (Å²) in [6.07, 6.45) is 12.6. The van der Waals surface area contributed by atoms with Crippen LogP contribution in [0, 0.1) is 50.2 Å². The lowest BCUT2D eigenvalue weighted by atomic mass is 9.34. The third-order valence-corrected chi connectivity index (χ3v) is 12.7. The number of hydrogen-bond acceptors (Lipinski definition) is 2. The highest BCUT2D eigenvalue weighted by atomic mass is 16.4. The summed E-state index contributed by atoms with van der Waals surface area (Å²) >= 11 is 0. The summed E-state index contributed by atoms with van der Waals surface area (Å²) in [5.41, 5.74) is 1.64. The molecule has 0 aromatic rings. The van der Waals surface area contributed by atoms with E-state index in [1.807, 2.05) is 0 Å². The molecule has 0 radical (unpaired) electrons. The third-order valence-electron chi connectivity index (χ3n) is 12.7. The SMILES string of the molecule is CC1(C)CC[C@]2(C(=O)O)CC=C3[C@]4(C)CCC5C(C)(C)[C@@H](O)CC[C@]5(C)C4CC[C@@]3(C)C2C1. The molecule has 5 aliphatic carbocycles. The Balaban J connectivity index is 1.59. The molecule has 0 aromatic carbocycles. The van der Waals surface area contributed by atoms with E-state index in [4.69, 9.17) is 0 Å². The van der Waals surface area contributed by atoms with Crippen LogP contribution in [-0.2, 0) is 4.79 Å². The minimum absolute atomic E-state index is 0.00747. The van der Waals surface area contributed by atoms with E-state index >= 15 is 0 Å². The first kappa shape index (κ1) is 23.9. The second kappa shape index (κ2) is 6.89. The van der Waals surface area contributed by atoms with E-state index in [9.17, 15) is 15.0 Å². The van der Waals surface area contributed by atoms with Crippen LogP contribution in [0.25, 0.3) is 0 Å². The van der Waals surface area contributed by atoms with Crippen LogP contribution in [0.1, 0.15) is 113 Å². The quantitative estimate of drug-likeness (QED) is 0.409. The van der Waals surface area contributed by atoms with E-state index in [0.29, 0.717) is 11.8 Å². The molecular formula is C30H48O3. The predicted molar refractivity (Wildman–Crippen MR) is 133 cm³/mol. The van der Waals surface area contributed by atoms with Gasteiger partial charge in [0.25, 0.3) is 0 Å². The van der Waals surface area contributed by atoms with Crippen LogP contribution in [0.15, 0.2) is 11.6 Å². The summed E-state index contributed by atoms with van der Waals surface area (Å²) in [4.78, 5) is 12.8. The van der Waals surface area contributed by atoms with Gasteiger partial charge in [0, 0.05) is 0 Å². The van der Waals surface area contributed by atoms with Gasteiger partial charge in [-0.2, -0.15) is 0 Å². The Labute approximate surface area is 201 Å². The van der Waals surface area contributed by atoms with Crippen LogP contribution in [-0.4, -0.2) is 22.3 Å². The summed E-state index contributed by atoms with van der Waals surface area (Å²) < 4.78 is 0. The lowest BCUT2D eigenvalue weighted by Gasteiger charge is -2.70. The van der Waals surface area contributed by atoms with E-state index in [2.05, 4.69) is 54.5 Å². The highest BCUT2D eigenvalue weighted by Crippen LogP contribution is 2.75. The predicted octanol–water partition coefficient (Wildman–Crippen LogP) is 7.23. The first-order chi connectivity index (χ1) is 15.1. The summed E-state index contributed by atoms with van der Waals surface area (Å²) in [6.45, 7) is 16.9. The summed E-state index contributed by atoms with van der Waals surface area (Å²) in [5.74, 6) is 0.875. The van der Waals surface area contributed by atoms with Gasteiger partial charge in [-0.1, -0.05) is 60.1 Å². The Morgan fingerprint density at radius 2 is 1.42 bits per heavy atom. The number of hydrogen-bond donors (Lipinski definition) is 2. The summed E-state index contributed by atoms with van der Waals surface area (Å²) in [6, 6.07) is 0. The van der Waals surface area contributed by atoms with Gasteiger partial charge in [-0.05, 0) is 109 Å². The number of fused-ring (bicyclic) bond motifs is 7. The van der Waals surface area contributed by atoms with E-state index in [1.165, 1.54) is 19.3 Å². The molecule has 0 heterocycles. The van der Waals surface area contributed by atoms with Crippen molar-refractivity contribution in [2.45, 2.75) is 119 Å². The minimum Gasteiger partial charge on any atom is -0.481 e. The molecule has 5 aliphatic rings. The van der Waals surface area contributed by atoms with E-state index < -0.39 is 11.4 Å². The van der Waals surface area contributed by atoms with Gasteiger partial charge in [0.15, 0.2) is 0 Å². The standard InChI is InChI=1S/C30H48O3/c1-25(2)16-17-30(24(32)33)15-10-21-28(6)12-8-19-26(3,4)23(31)11-14-27(19,5)20(28)9-13-29(21,7)22(30)18-25/h10,19-20,22-23,31H,8-9,11-18H2,1-7H3,(H,32,33)/t19?,20?,22?,23-,27-,28+,29+,30+/m0/s1. The molecule has 3 heteroatoms. The number of aliphatic hydroxyl groups is 1. The maximum absolute atomic E-state index is 12.8. The van der Waals surface area contributed by atoms with Crippen molar-refractivity contribution >= 4 is 5.97 Å². The normalized spacial score (nSPS) is 52.4. The second-order valence-electron chi connectivity index (χ2n) is 15.1. The zero-order chi connectivity index (χ0) is 24.2. The molecule has 0 saturated heterocycles. The molecule has 2 N–H and O–H groups in total. The molecule has 3 unspecified atom stereocenters. The van der Waals surface area contributed by atoms with Crippen molar-refractivity contribution in [1.82, 2.24) is 0 Å². The average Bonchev–Trinajstić information content (AvgIpc) is 2.70. The molecule has 0 amide bonds. The van der Waals surface area contributed by atoms with Gasteiger partial charge in [0.05, 0.1) is 11.5 Å². The molecule has 33 heavy (non-hydrogen) atoms. The number of aliphatic carboxylic acids is 1. The number of carbonyl (C=O) groups is 1. The molecule has 0 aliphatic heterocycles. The lowest BCUT2D eigenvalue weighted by molar-refractivity contribution is -0.189. The van der Waals surface area contributed by atoms with E-state index in [-0.39, 0.29) is 39.1 Å². The Kier molecular flexibility index (Phi) is 4.99. The van der Waals surface area contributed by atoms with Crippen molar-refractivity contribution in [1.29, 1.82) is 0 Å². The molecule has 3 nitrogen and oxygen atoms in total. The van der Waals surface area contributed by atoms with Crippen LogP contribution in [0.2, 0.25) is 0 Å².